The third-order valence-electron chi connectivity index (χ3n) is 3.03. The minimum Gasteiger partial charge on any atom is -0.344 e. The van der Waals surface area contributed by atoms with Gasteiger partial charge in [-0.25, -0.2) is 0 Å². The summed E-state index contributed by atoms with van der Waals surface area (Å²) in [5.41, 5.74) is 0. The van der Waals surface area contributed by atoms with Gasteiger partial charge in [-0.2, -0.15) is 0 Å². The molecule has 0 bridgehead atoms. The fraction of sp³-hybridized carbons (Fsp3) is 0.917. The third kappa shape index (κ3) is 4.20. The Morgan fingerprint density at radius 2 is 2.20 bits per heavy atom. The monoisotopic (exact) mass is 212 g/mol. The first-order valence-electron chi connectivity index (χ1n) is 6.09. The molecule has 1 saturated heterocycles. The van der Waals surface area contributed by atoms with Crippen LogP contribution in [0.1, 0.15) is 39.5 Å². The highest BCUT2D eigenvalue weighted by molar-refractivity contribution is 5.81. The first-order valence-corrected chi connectivity index (χ1v) is 6.09. The van der Waals surface area contributed by atoms with Gasteiger partial charge in [-0.05, 0) is 31.7 Å². The van der Waals surface area contributed by atoms with Gasteiger partial charge in [-0.1, -0.05) is 20.3 Å². The molecule has 1 aliphatic rings. The van der Waals surface area contributed by atoms with Crippen molar-refractivity contribution in [1.29, 1.82) is 0 Å². The molecule has 1 fully saturated rings. The molecule has 1 rings (SSSR count). The highest BCUT2D eigenvalue weighted by Gasteiger charge is 2.23. The molecule has 0 aliphatic carbocycles. The summed E-state index contributed by atoms with van der Waals surface area (Å²) in [6.45, 7) is 6.26. The molecule has 3 nitrogen and oxygen atoms in total. The van der Waals surface area contributed by atoms with E-state index in [2.05, 4.69) is 19.2 Å². The first-order chi connectivity index (χ1) is 7.11. The maximum absolute atomic E-state index is 12.0. The Kier molecular flexibility index (Phi) is 5.09. The van der Waals surface area contributed by atoms with Gasteiger partial charge < -0.3 is 10.2 Å². The van der Waals surface area contributed by atoms with Crippen LogP contribution in [0.3, 0.4) is 0 Å². The number of hydrogen-bond donors (Lipinski definition) is 1. The largest absolute Gasteiger partial charge is 0.344 e. The lowest BCUT2D eigenvalue weighted by Crippen LogP contribution is -2.47. The number of nitrogens with one attached hydrogen (secondary N) is 1. The van der Waals surface area contributed by atoms with E-state index < -0.39 is 0 Å². The minimum absolute atomic E-state index is 0.0795. The van der Waals surface area contributed by atoms with Gasteiger partial charge >= 0.3 is 0 Å². The van der Waals surface area contributed by atoms with Crippen molar-refractivity contribution in [3.05, 3.63) is 0 Å². The topological polar surface area (TPSA) is 32.3 Å². The SMILES string of the molecule is CC(C)CCN(C)C(=O)[C@@H]1CCCCN1. The fourth-order valence-electron chi connectivity index (χ4n) is 1.89. The van der Waals surface area contributed by atoms with Crippen molar-refractivity contribution in [3.8, 4) is 0 Å². The molecule has 1 atom stereocenters. The molecule has 0 unspecified atom stereocenters. The number of likely N-dealkylation sites (N-methyl/N-ethyl adjacent to an activating group) is 1. The van der Waals surface area contributed by atoms with E-state index in [-0.39, 0.29) is 11.9 Å². The van der Waals surface area contributed by atoms with Crippen LogP contribution in [0.25, 0.3) is 0 Å². The van der Waals surface area contributed by atoms with Crippen molar-refractivity contribution in [2.75, 3.05) is 20.1 Å². The van der Waals surface area contributed by atoms with Crippen LogP contribution in [0.2, 0.25) is 0 Å². The van der Waals surface area contributed by atoms with Crippen molar-refractivity contribution in [1.82, 2.24) is 10.2 Å². The number of carbonyl (C=O) groups excluding carboxylic acids is 1. The van der Waals surface area contributed by atoms with Crippen LogP contribution >= 0.6 is 0 Å². The van der Waals surface area contributed by atoms with Crippen LogP contribution < -0.4 is 5.32 Å². The quantitative estimate of drug-likeness (QED) is 0.768. The molecule has 88 valence electrons. The van der Waals surface area contributed by atoms with Gasteiger partial charge in [0.25, 0.3) is 0 Å². The molecule has 1 amide bonds. The summed E-state index contributed by atoms with van der Waals surface area (Å²) in [6, 6.07) is 0.0795. The van der Waals surface area contributed by atoms with Gasteiger partial charge in [-0.15, -0.1) is 0 Å². The number of carbonyl (C=O) groups is 1. The van der Waals surface area contributed by atoms with Crippen molar-refractivity contribution >= 4 is 5.91 Å². The predicted octanol–water partition coefficient (Wildman–Crippen LogP) is 1.63. The predicted molar refractivity (Wildman–Crippen MR) is 62.7 cm³/mol. The Balaban J connectivity index is 2.30. The molecule has 1 aliphatic heterocycles. The summed E-state index contributed by atoms with van der Waals surface area (Å²) >= 11 is 0. The number of hydrogen-bond acceptors (Lipinski definition) is 2. The molecule has 0 aromatic carbocycles. The zero-order chi connectivity index (χ0) is 11.3. The van der Waals surface area contributed by atoms with Gasteiger partial charge in [-0.3, -0.25) is 4.79 Å². The zero-order valence-corrected chi connectivity index (χ0v) is 10.3. The van der Waals surface area contributed by atoms with Gasteiger partial charge in [0, 0.05) is 13.6 Å². The highest BCUT2D eigenvalue weighted by Crippen LogP contribution is 2.10. The molecule has 0 saturated carbocycles. The van der Waals surface area contributed by atoms with E-state index in [4.69, 9.17) is 0 Å². The van der Waals surface area contributed by atoms with Gasteiger partial charge in [0.05, 0.1) is 6.04 Å². The smallest absolute Gasteiger partial charge is 0.239 e. The summed E-state index contributed by atoms with van der Waals surface area (Å²) in [4.78, 5) is 13.9. The first kappa shape index (κ1) is 12.5. The summed E-state index contributed by atoms with van der Waals surface area (Å²) < 4.78 is 0. The number of nitrogens with zero attached hydrogens (tertiary/aromatic N) is 1. The van der Waals surface area contributed by atoms with E-state index in [1.165, 1.54) is 12.8 Å². The Labute approximate surface area is 93.2 Å². The van der Waals surface area contributed by atoms with E-state index in [0.29, 0.717) is 5.92 Å². The summed E-state index contributed by atoms with van der Waals surface area (Å²) in [5, 5.41) is 3.30. The lowest BCUT2D eigenvalue weighted by atomic mass is 10.0. The molecule has 1 heterocycles. The molecule has 1 N–H and O–H groups in total. The number of amides is 1. The van der Waals surface area contributed by atoms with Crippen LogP contribution in [-0.4, -0.2) is 37.0 Å². The van der Waals surface area contributed by atoms with E-state index in [1.54, 1.807) is 0 Å². The van der Waals surface area contributed by atoms with Crippen molar-refractivity contribution < 1.29 is 4.79 Å². The molecule has 0 radical (unpaired) electrons. The van der Waals surface area contributed by atoms with Crippen molar-refractivity contribution in [2.24, 2.45) is 5.92 Å². The molecule has 0 spiro atoms. The van der Waals surface area contributed by atoms with Crippen LogP contribution in [0, 0.1) is 5.92 Å². The van der Waals surface area contributed by atoms with Crippen LogP contribution in [0.5, 0.6) is 0 Å². The Bertz CT molecular complexity index is 198. The Morgan fingerprint density at radius 1 is 1.47 bits per heavy atom. The maximum Gasteiger partial charge on any atom is 0.239 e. The average Bonchev–Trinajstić information content (AvgIpc) is 2.26. The standard InChI is InChI=1S/C12H24N2O/c1-10(2)7-9-14(3)12(15)11-6-4-5-8-13-11/h10-11,13H,4-9H2,1-3H3/t11-/m0/s1. The molecule has 0 aromatic rings. The van der Waals surface area contributed by atoms with Crippen LogP contribution in [0.4, 0.5) is 0 Å². The molecule has 15 heavy (non-hydrogen) atoms. The van der Waals surface area contributed by atoms with Crippen molar-refractivity contribution in [2.45, 2.75) is 45.6 Å². The molecule has 3 heteroatoms. The van der Waals surface area contributed by atoms with E-state index >= 15 is 0 Å². The molecule has 0 aromatic heterocycles. The zero-order valence-electron chi connectivity index (χ0n) is 10.3. The normalized spacial score (nSPS) is 21.7. The summed E-state index contributed by atoms with van der Waals surface area (Å²) in [6.07, 6.45) is 4.49. The lowest BCUT2D eigenvalue weighted by Gasteiger charge is -2.27. The van der Waals surface area contributed by atoms with E-state index in [0.717, 1.165) is 25.9 Å². The maximum atomic E-state index is 12.0. The van der Waals surface area contributed by atoms with Crippen molar-refractivity contribution in [3.63, 3.8) is 0 Å². The molecular weight excluding hydrogens is 188 g/mol. The van der Waals surface area contributed by atoms with Crippen LogP contribution in [-0.2, 0) is 4.79 Å². The second-order valence-electron chi connectivity index (χ2n) is 4.94. The van der Waals surface area contributed by atoms with Gasteiger partial charge in [0.2, 0.25) is 5.91 Å². The summed E-state index contributed by atoms with van der Waals surface area (Å²) in [5.74, 6) is 0.940. The van der Waals surface area contributed by atoms with E-state index in [9.17, 15) is 4.79 Å². The summed E-state index contributed by atoms with van der Waals surface area (Å²) in [7, 11) is 1.92. The van der Waals surface area contributed by atoms with E-state index in [1.807, 2.05) is 11.9 Å². The second-order valence-corrected chi connectivity index (χ2v) is 4.94. The second kappa shape index (κ2) is 6.11. The van der Waals surface area contributed by atoms with Crippen LogP contribution in [0.15, 0.2) is 0 Å². The number of piperidine rings is 1. The Morgan fingerprint density at radius 3 is 2.73 bits per heavy atom. The minimum atomic E-state index is 0.0795. The van der Waals surface area contributed by atoms with Gasteiger partial charge in [0.15, 0.2) is 0 Å². The third-order valence-corrected chi connectivity index (χ3v) is 3.03. The van der Waals surface area contributed by atoms with Gasteiger partial charge in [0.1, 0.15) is 0 Å². The molecular formula is C12H24N2O. The highest BCUT2D eigenvalue weighted by atomic mass is 16.2. The fourth-order valence-corrected chi connectivity index (χ4v) is 1.89. The number of rotatable bonds is 4. The lowest BCUT2D eigenvalue weighted by molar-refractivity contribution is -0.132. The average molecular weight is 212 g/mol. The Hall–Kier alpha value is -0.570.